The molecule has 6 aromatic rings. The van der Waals surface area contributed by atoms with Crippen LogP contribution < -0.4 is 0 Å². The van der Waals surface area contributed by atoms with Crippen LogP contribution in [0, 0.1) is 0 Å². The topological polar surface area (TPSA) is 26.3 Å². The fourth-order valence-electron chi connectivity index (χ4n) is 3.83. The highest BCUT2D eigenvalue weighted by molar-refractivity contribution is 9.10. The number of halogens is 1. The zero-order chi connectivity index (χ0) is 18.0. The van der Waals surface area contributed by atoms with Gasteiger partial charge in [-0.1, -0.05) is 52.3 Å². The van der Waals surface area contributed by atoms with Crippen molar-refractivity contribution in [2.75, 3.05) is 0 Å². The molecule has 0 amide bonds. The summed E-state index contributed by atoms with van der Waals surface area (Å²) in [5, 5.41) is 4.34. The minimum Gasteiger partial charge on any atom is -0.456 e. The van der Waals surface area contributed by atoms with Gasteiger partial charge in [0.25, 0.3) is 0 Å². The van der Waals surface area contributed by atoms with Crippen LogP contribution in [0.4, 0.5) is 0 Å². The van der Waals surface area contributed by atoms with Gasteiger partial charge in [0.2, 0.25) is 0 Å². The fourth-order valence-corrected chi connectivity index (χ4v) is 4.19. The maximum atomic E-state index is 6.15. The summed E-state index contributed by atoms with van der Waals surface area (Å²) in [6.07, 6.45) is 0. The molecule has 2 aromatic heterocycles. The summed E-state index contributed by atoms with van der Waals surface area (Å²) in [5.41, 5.74) is 5.91. The molecule has 0 aliphatic carbocycles. The lowest BCUT2D eigenvalue weighted by Gasteiger charge is -2.01. The molecule has 4 aromatic carbocycles. The van der Waals surface area contributed by atoms with Gasteiger partial charge in [-0.2, -0.15) is 0 Å². The molecule has 2 nitrogen and oxygen atoms in total. The predicted molar refractivity (Wildman–Crippen MR) is 114 cm³/mol. The van der Waals surface area contributed by atoms with E-state index in [0.717, 1.165) is 48.3 Å². The van der Waals surface area contributed by atoms with Crippen LogP contribution in [0.1, 0.15) is 0 Å². The first-order valence-corrected chi connectivity index (χ1v) is 9.59. The van der Waals surface area contributed by atoms with Crippen LogP contribution in [0.5, 0.6) is 0 Å². The van der Waals surface area contributed by atoms with Crippen molar-refractivity contribution in [2.24, 2.45) is 0 Å². The molecule has 0 aliphatic heterocycles. The van der Waals surface area contributed by atoms with Crippen molar-refractivity contribution in [1.82, 2.24) is 0 Å². The van der Waals surface area contributed by atoms with E-state index in [4.69, 9.17) is 8.83 Å². The highest BCUT2D eigenvalue weighted by Crippen LogP contribution is 2.38. The molecule has 0 N–H and O–H groups in total. The molecule has 128 valence electrons. The van der Waals surface area contributed by atoms with Crippen LogP contribution in [0.15, 0.2) is 92.2 Å². The van der Waals surface area contributed by atoms with E-state index in [0.29, 0.717) is 0 Å². The molecule has 2 heterocycles. The Kier molecular flexibility index (Phi) is 3.06. The molecule has 0 unspecified atom stereocenters. The standard InChI is InChI=1S/C24H13BrO2/c25-16-7-9-22-18(11-16)20-13-23-19(12-24(20)27-22)17-10-15(6-8-21(17)26-23)14-4-2-1-3-5-14/h1-13H. The van der Waals surface area contributed by atoms with Crippen LogP contribution in [0.2, 0.25) is 0 Å². The van der Waals surface area contributed by atoms with Gasteiger partial charge < -0.3 is 8.83 Å². The van der Waals surface area contributed by atoms with Crippen LogP contribution >= 0.6 is 15.9 Å². The van der Waals surface area contributed by atoms with E-state index in [1.165, 1.54) is 11.1 Å². The highest BCUT2D eigenvalue weighted by Gasteiger charge is 2.14. The summed E-state index contributed by atoms with van der Waals surface area (Å²) in [4.78, 5) is 0. The lowest BCUT2D eigenvalue weighted by Crippen LogP contribution is -1.76. The first-order chi connectivity index (χ1) is 13.3. The second-order valence-electron chi connectivity index (χ2n) is 6.77. The Hall–Kier alpha value is -3.04. The minimum atomic E-state index is 0.878. The fraction of sp³-hybridized carbons (Fsp3) is 0. The lowest BCUT2D eigenvalue weighted by atomic mass is 10.0. The molecule has 0 spiro atoms. The van der Waals surface area contributed by atoms with Gasteiger partial charge in [-0.15, -0.1) is 0 Å². The Labute approximate surface area is 163 Å². The molecule has 6 rings (SSSR count). The second kappa shape index (κ2) is 5.48. The van der Waals surface area contributed by atoms with Gasteiger partial charge in [-0.05, 0) is 53.6 Å². The van der Waals surface area contributed by atoms with E-state index >= 15 is 0 Å². The molecular formula is C24H13BrO2. The average Bonchev–Trinajstić information content (AvgIpc) is 3.23. The monoisotopic (exact) mass is 412 g/mol. The highest BCUT2D eigenvalue weighted by atomic mass is 79.9. The van der Waals surface area contributed by atoms with E-state index < -0.39 is 0 Å². The molecule has 3 heteroatoms. The zero-order valence-electron chi connectivity index (χ0n) is 14.2. The van der Waals surface area contributed by atoms with E-state index in [2.05, 4.69) is 70.5 Å². The smallest absolute Gasteiger partial charge is 0.136 e. The van der Waals surface area contributed by atoms with Crippen molar-refractivity contribution < 1.29 is 8.83 Å². The van der Waals surface area contributed by atoms with Crippen molar-refractivity contribution in [2.45, 2.75) is 0 Å². The maximum Gasteiger partial charge on any atom is 0.136 e. The third-order valence-electron chi connectivity index (χ3n) is 5.13. The predicted octanol–water partition coefficient (Wildman–Crippen LogP) is 7.91. The largest absolute Gasteiger partial charge is 0.456 e. The summed E-state index contributed by atoms with van der Waals surface area (Å²) in [6.45, 7) is 0. The summed E-state index contributed by atoms with van der Waals surface area (Å²) in [5.74, 6) is 0. The molecule has 0 fully saturated rings. The van der Waals surface area contributed by atoms with Crippen molar-refractivity contribution in [3.63, 3.8) is 0 Å². The first kappa shape index (κ1) is 15.1. The molecule has 0 saturated carbocycles. The average molecular weight is 413 g/mol. The number of fused-ring (bicyclic) bond motifs is 6. The third kappa shape index (κ3) is 2.25. The van der Waals surface area contributed by atoms with Crippen LogP contribution in [-0.4, -0.2) is 0 Å². The van der Waals surface area contributed by atoms with Crippen LogP contribution in [0.3, 0.4) is 0 Å². The van der Waals surface area contributed by atoms with Crippen molar-refractivity contribution in [1.29, 1.82) is 0 Å². The Morgan fingerprint density at radius 2 is 1.07 bits per heavy atom. The van der Waals surface area contributed by atoms with Crippen molar-refractivity contribution >= 4 is 59.8 Å². The van der Waals surface area contributed by atoms with Crippen LogP contribution in [-0.2, 0) is 0 Å². The van der Waals surface area contributed by atoms with Crippen LogP contribution in [0.25, 0.3) is 55.0 Å². The molecule has 0 aliphatic rings. The number of hydrogen-bond donors (Lipinski definition) is 0. The van der Waals surface area contributed by atoms with Gasteiger partial charge in [-0.25, -0.2) is 0 Å². The second-order valence-corrected chi connectivity index (χ2v) is 7.68. The van der Waals surface area contributed by atoms with Gasteiger partial charge in [0.05, 0.1) is 0 Å². The number of furan rings is 2. The number of hydrogen-bond acceptors (Lipinski definition) is 2. The summed E-state index contributed by atoms with van der Waals surface area (Å²) < 4.78 is 13.3. The Bertz CT molecular complexity index is 1470. The number of benzene rings is 4. The molecule has 27 heavy (non-hydrogen) atoms. The van der Waals surface area contributed by atoms with E-state index in [1.807, 2.05) is 24.3 Å². The summed E-state index contributed by atoms with van der Waals surface area (Å²) in [7, 11) is 0. The quantitative estimate of drug-likeness (QED) is 0.274. The van der Waals surface area contributed by atoms with E-state index in [-0.39, 0.29) is 0 Å². The van der Waals surface area contributed by atoms with Gasteiger partial charge >= 0.3 is 0 Å². The molecule has 0 atom stereocenters. The van der Waals surface area contributed by atoms with Gasteiger partial charge in [0.1, 0.15) is 22.3 Å². The normalized spacial score (nSPS) is 11.9. The minimum absolute atomic E-state index is 0.878. The summed E-state index contributed by atoms with van der Waals surface area (Å²) >= 11 is 3.55. The molecular weight excluding hydrogens is 400 g/mol. The number of rotatable bonds is 1. The SMILES string of the molecule is Brc1ccc2oc3cc4c(cc3c2c1)oc1ccc(-c2ccccc2)cc14. The molecule has 0 radical (unpaired) electrons. The molecule has 0 bridgehead atoms. The first-order valence-electron chi connectivity index (χ1n) is 8.80. The van der Waals surface area contributed by atoms with Crippen molar-refractivity contribution in [3.8, 4) is 11.1 Å². The van der Waals surface area contributed by atoms with E-state index in [9.17, 15) is 0 Å². The Morgan fingerprint density at radius 1 is 0.481 bits per heavy atom. The zero-order valence-corrected chi connectivity index (χ0v) is 15.8. The van der Waals surface area contributed by atoms with E-state index in [1.54, 1.807) is 0 Å². The molecule has 0 saturated heterocycles. The lowest BCUT2D eigenvalue weighted by molar-refractivity contribution is 0.664. The Balaban J connectivity index is 1.67. The van der Waals surface area contributed by atoms with Crippen molar-refractivity contribution in [3.05, 3.63) is 83.3 Å². The van der Waals surface area contributed by atoms with Gasteiger partial charge in [0.15, 0.2) is 0 Å². The van der Waals surface area contributed by atoms with Gasteiger partial charge in [0, 0.05) is 26.0 Å². The Morgan fingerprint density at radius 3 is 1.78 bits per heavy atom. The summed E-state index contributed by atoms with van der Waals surface area (Å²) in [6, 6.07) is 27.0. The maximum absolute atomic E-state index is 6.15. The third-order valence-corrected chi connectivity index (χ3v) is 5.62. The van der Waals surface area contributed by atoms with Gasteiger partial charge in [-0.3, -0.25) is 0 Å².